The molecule has 0 unspecified atom stereocenters. The van der Waals surface area contributed by atoms with E-state index in [4.69, 9.17) is 16.3 Å². The molecule has 3 nitrogen and oxygen atoms in total. The molecule has 1 heterocycles. The van der Waals surface area contributed by atoms with Crippen molar-refractivity contribution in [2.24, 2.45) is 0 Å². The van der Waals surface area contributed by atoms with Crippen molar-refractivity contribution < 1.29 is 9.13 Å². The molecule has 0 atom stereocenters. The molecule has 0 aliphatic carbocycles. The maximum Gasteiger partial charge on any atom is 0.225 e. The van der Waals surface area contributed by atoms with Crippen molar-refractivity contribution in [1.82, 2.24) is 9.97 Å². The Morgan fingerprint density at radius 3 is 2.62 bits per heavy atom. The molecule has 1 aromatic heterocycles. The van der Waals surface area contributed by atoms with Gasteiger partial charge in [-0.15, -0.1) is 0 Å². The van der Waals surface area contributed by atoms with Gasteiger partial charge >= 0.3 is 0 Å². The predicted molar refractivity (Wildman–Crippen MR) is 57.8 cm³/mol. The average molecular weight is 239 g/mol. The van der Waals surface area contributed by atoms with E-state index >= 15 is 0 Å². The summed E-state index contributed by atoms with van der Waals surface area (Å²) in [5.41, 5.74) is 0.858. The first-order valence-electron chi connectivity index (χ1n) is 4.60. The van der Waals surface area contributed by atoms with Gasteiger partial charge in [-0.2, -0.15) is 4.98 Å². The second kappa shape index (κ2) is 4.90. The van der Waals surface area contributed by atoms with E-state index in [-0.39, 0.29) is 11.1 Å². The lowest BCUT2D eigenvalue weighted by Crippen LogP contribution is -1.97. The van der Waals surface area contributed by atoms with Crippen LogP contribution in [0.25, 0.3) is 0 Å². The molecule has 16 heavy (non-hydrogen) atoms. The van der Waals surface area contributed by atoms with Crippen LogP contribution in [0.4, 0.5) is 4.39 Å². The van der Waals surface area contributed by atoms with Crippen molar-refractivity contribution >= 4 is 11.6 Å². The van der Waals surface area contributed by atoms with Gasteiger partial charge in [0.2, 0.25) is 11.2 Å². The van der Waals surface area contributed by atoms with Gasteiger partial charge in [0.05, 0.1) is 0 Å². The molecule has 0 saturated heterocycles. The molecule has 0 radical (unpaired) electrons. The van der Waals surface area contributed by atoms with E-state index in [2.05, 4.69) is 9.97 Å². The van der Waals surface area contributed by atoms with Crippen LogP contribution in [0.2, 0.25) is 5.28 Å². The van der Waals surface area contributed by atoms with Gasteiger partial charge in [-0.05, 0) is 29.3 Å². The fourth-order valence-electron chi connectivity index (χ4n) is 1.14. The van der Waals surface area contributed by atoms with E-state index in [0.717, 1.165) is 5.56 Å². The van der Waals surface area contributed by atoms with Crippen LogP contribution in [-0.4, -0.2) is 9.97 Å². The SMILES string of the molecule is Fc1ccc(COc2ccnc(Cl)n2)cc1. The lowest BCUT2D eigenvalue weighted by molar-refractivity contribution is 0.293. The maximum absolute atomic E-state index is 12.6. The van der Waals surface area contributed by atoms with Crippen LogP contribution in [-0.2, 0) is 6.61 Å². The zero-order valence-electron chi connectivity index (χ0n) is 8.23. The third kappa shape index (κ3) is 2.90. The first-order valence-corrected chi connectivity index (χ1v) is 4.97. The zero-order chi connectivity index (χ0) is 11.4. The maximum atomic E-state index is 12.6. The minimum Gasteiger partial charge on any atom is -0.473 e. The molecule has 0 fully saturated rings. The number of halogens is 2. The monoisotopic (exact) mass is 238 g/mol. The van der Waals surface area contributed by atoms with Gasteiger partial charge in [0.25, 0.3) is 0 Å². The average Bonchev–Trinajstić information content (AvgIpc) is 2.28. The molecule has 0 aliphatic rings. The summed E-state index contributed by atoms with van der Waals surface area (Å²) in [6, 6.07) is 7.67. The second-order valence-electron chi connectivity index (χ2n) is 3.08. The first-order chi connectivity index (χ1) is 7.74. The van der Waals surface area contributed by atoms with Gasteiger partial charge in [0.15, 0.2) is 0 Å². The van der Waals surface area contributed by atoms with E-state index in [1.54, 1.807) is 18.2 Å². The highest BCUT2D eigenvalue weighted by atomic mass is 35.5. The van der Waals surface area contributed by atoms with Gasteiger partial charge in [-0.3, -0.25) is 0 Å². The zero-order valence-corrected chi connectivity index (χ0v) is 8.99. The standard InChI is InChI=1S/C11H8ClFN2O/c12-11-14-6-5-10(15-11)16-7-8-1-3-9(13)4-2-8/h1-6H,7H2. The summed E-state index contributed by atoms with van der Waals surface area (Å²) in [5.74, 6) is 0.123. The summed E-state index contributed by atoms with van der Waals surface area (Å²) in [4.78, 5) is 7.59. The fraction of sp³-hybridized carbons (Fsp3) is 0.0909. The molecular formula is C11H8ClFN2O. The number of hydrogen-bond acceptors (Lipinski definition) is 3. The Morgan fingerprint density at radius 2 is 1.94 bits per heavy atom. The predicted octanol–water partition coefficient (Wildman–Crippen LogP) is 2.85. The summed E-state index contributed by atoms with van der Waals surface area (Å²) in [5, 5.41) is 0.136. The van der Waals surface area contributed by atoms with Crippen LogP contribution < -0.4 is 4.74 Å². The molecule has 0 bridgehead atoms. The minimum atomic E-state index is -0.270. The Hall–Kier alpha value is -1.68. The molecular weight excluding hydrogens is 231 g/mol. The summed E-state index contributed by atoms with van der Waals surface area (Å²) in [6.07, 6.45) is 1.51. The van der Waals surface area contributed by atoms with Gasteiger partial charge in [0, 0.05) is 12.3 Å². The van der Waals surface area contributed by atoms with Crippen molar-refractivity contribution in [2.45, 2.75) is 6.61 Å². The van der Waals surface area contributed by atoms with Gasteiger partial charge < -0.3 is 4.74 Å². The van der Waals surface area contributed by atoms with Crippen LogP contribution in [0.5, 0.6) is 5.88 Å². The van der Waals surface area contributed by atoms with E-state index in [0.29, 0.717) is 12.5 Å². The van der Waals surface area contributed by atoms with Crippen LogP contribution in [0.1, 0.15) is 5.56 Å². The quantitative estimate of drug-likeness (QED) is 0.772. The van der Waals surface area contributed by atoms with Gasteiger partial charge in [0.1, 0.15) is 12.4 Å². The Bertz CT molecular complexity index is 476. The van der Waals surface area contributed by atoms with Gasteiger partial charge in [-0.25, -0.2) is 9.37 Å². The summed E-state index contributed by atoms with van der Waals surface area (Å²) >= 11 is 5.60. The third-order valence-electron chi connectivity index (χ3n) is 1.90. The molecule has 1 aromatic carbocycles. The minimum absolute atomic E-state index is 0.136. The number of aromatic nitrogens is 2. The van der Waals surface area contributed by atoms with Gasteiger partial charge in [-0.1, -0.05) is 12.1 Å². The van der Waals surface area contributed by atoms with Crippen LogP contribution >= 0.6 is 11.6 Å². The van der Waals surface area contributed by atoms with Crippen molar-refractivity contribution in [3.05, 3.63) is 53.2 Å². The Kier molecular flexibility index (Phi) is 3.31. The molecule has 0 aliphatic heterocycles. The Balaban J connectivity index is 1.99. The van der Waals surface area contributed by atoms with Crippen molar-refractivity contribution in [3.8, 4) is 5.88 Å². The highest BCUT2D eigenvalue weighted by Gasteiger charge is 1.99. The third-order valence-corrected chi connectivity index (χ3v) is 2.08. The van der Waals surface area contributed by atoms with Crippen molar-refractivity contribution in [1.29, 1.82) is 0 Å². The van der Waals surface area contributed by atoms with Crippen LogP contribution in [0, 0.1) is 5.82 Å². The molecule has 0 spiro atoms. The molecule has 2 aromatic rings. The summed E-state index contributed by atoms with van der Waals surface area (Å²) in [6.45, 7) is 0.313. The van der Waals surface area contributed by atoms with E-state index in [1.165, 1.54) is 18.3 Å². The number of nitrogens with zero attached hydrogens (tertiary/aromatic N) is 2. The highest BCUT2D eigenvalue weighted by molar-refractivity contribution is 6.28. The Morgan fingerprint density at radius 1 is 1.19 bits per heavy atom. The second-order valence-corrected chi connectivity index (χ2v) is 3.42. The highest BCUT2D eigenvalue weighted by Crippen LogP contribution is 2.11. The lowest BCUT2D eigenvalue weighted by atomic mass is 10.2. The largest absolute Gasteiger partial charge is 0.473 e. The van der Waals surface area contributed by atoms with Crippen molar-refractivity contribution in [3.63, 3.8) is 0 Å². The molecule has 0 N–H and O–H groups in total. The Labute approximate surface area is 96.9 Å². The molecule has 5 heteroatoms. The van der Waals surface area contributed by atoms with Crippen LogP contribution in [0.15, 0.2) is 36.5 Å². The normalized spacial score (nSPS) is 10.1. The molecule has 2 rings (SSSR count). The van der Waals surface area contributed by atoms with E-state index < -0.39 is 0 Å². The number of rotatable bonds is 3. The topological polar surface area (TPSA) is 35.0 Å². The number of benzene rings is 1. The lowest BCUT2D eigenvalue weighted by Gasteiger charge is -2.04. The van der Waals surface area contributed by atoms with Crippen LogP contribution in [0.3, 0.4) is 0 Å². The van der Waals surface area contributed by atoms with Crippen molar-refractivity contribution in [2.75, 3.05) is 0 Å². The molecule has 82 valence electrons. The summed E-state index contributed by atoms with van der Waals surface area (Å²) < 4.78 is 18.0. The number of ether oxygens (including phenoxy) is 1. The number of hydrogen-bond donors (Lipinski definition) is 0. The molecule has 0 amide bonds. The fourth-order valence-corrected chi connectivity index (χ4v) is 1.28. The summed E-state index contributed by atoms with van der Waals surface area (Å²) in [7, 11) is 0. The van der Waals surface area contributed by atoms with E-state index in [1.807, 2.05) is 0 Å². The first kappa shape index (κ1) is 10.8. The smallest absolute Gasteiger partial charge is 0.225 e. The molecule has 0 saturated carbocycles. The van der Waals surface area contributed by atoms with E-state index in [9.17, 15) is 4.39 Å².